The summed E-state index contributed by atoms with van der Waals surface area (Å²) in [6.45, 7) is 17.8. The number of aliphatic hydroxyl groups excluding tert-OH is 1. The number of aryl methyl sites for hydroxylation is 1. The number of likely N-dealkylation sites (tertiary alicyclic amines) is 1. The molecule has 0 unspecified atom stereocenters. The van der Waals surface area contributed by atoms with Gasteiger partial charge in [-0.2, -0.15) is 4.98 Å². The molecule has 4 aliphatic rings. The SMILES string of the molecule is Cc1ncsc1-c1ccc(CNC(=O)[C@@H]2C[C@@H](O)CN2C(=O)[C@@H](NC(=O)CCOCCOCCOCCNc2ccc(S(=O)(=O)NC(=O)c3ccc(N4CCN(CC5=C(c6ccc(Cl)cc6)CC(C)(C)CC5)CC4)cc3N3CCCOc4nc5[nH]ccc5cc43)cc2[N+](=O)[O-])C(C)(C)C)cc1. The van der Waals surface area contributed by atoms with E-state index in [9.17, 15) is 42.8 Å². The summed E-state index contributed by atoms with van der Waals surface area (Å²) in [5.41, 5.74) is 10.2. The zero-order valence-electron chi connectivity index (χ0n) is 57.9. The van der Waals surface area contributed by atoms with Crippen molar-refractivity contribution >= 4 is 102 Å². The molecule has 11 rings (SSSR count). The van der Waals surface area contributed by atoms with Crippen molar-refractivity contribution in [2.24, 2.45) is 10.8 Å². The molecule has 6 N–H and O–H groups in total. The van der Waals surface area contributed by atoms with Crippen LogP contribution in [0.15, 0.2) is 119 Å². The minimum atomic E-state index is -4.69. The third kappa shape index (κ3) is 18.6. The van der Waals surface area contributed by atoms with E-state index in [2.05, 4.69) is 66.4 Å². The highest BCUT2D eigenvalue weighted by molar-refractivity contribution is 7.90. The number of sulfonamides is 1. The molecule has 3 aromatic heterocycles. The number of allylic oxidation sites excluding steroid dienone is 1. The van der Waals surface area contributed by atoms with E-state index in [1.165, 1.54) is 33.7 Å². The van der Waals surface area contributed by atoms with Crippen molar-refractivity contribution < 1.29 is 56.6 Å². The van der Waals surface area contributed by atoms with Crippen LogP contribution in [0.2, 0.25) is 5.02 Å². The minimum absolute atomic E-state index is 0.0344. The third-order valence-electron chi connectivity index (χ3n) is 18.8. The van der Waals surface area contributed by atoms with Gasteiger partial charge in [-0.15, -0.1) is 11.3 Å². The number of aromatic nitrogens is 3. The maximum absolute atomic E-state index is 14.6. The van der Waals surface area contributed by atoms with Gasteiger partial charge in [0.15, 0.2) is 0 Å². The normalized spacial score (nSPS) is 17.6. The van der Waals surface area contributed by atoms with E-state index in [4.69, 9.17) is 35.5 Å². The van der Waals surface area contributed by atoms with Crippen molar-refractivity contribution in [1.82, 2.24) is 40.1 Å². The Labute approximate surface area is 597 Å². The van der Waals surface area contributed by atoms with Crippen LogP contribution in [0.4, 0.5) is 28.4 Å². The van der Waals surface area contributed by atoms with Crippen LogP contribution in [0.25, 0.3) is 27.0 Å². The van der Waals surface area contributed by atoms with Gasteiger partial charge in [0.1, 0.15) is 29.1 Å². The highest BCUT2D eigenvalue weighted by Gasteiger charge is 2.45. The Morgan fingerprint density at radius 1 is 0.891 bits per heavy atom. The number of nitro benzene ring substituents is 1. The predicted molar refractivity (Wildman–Crippen MR) is 389 cm³/mol. The van der Waals surface area contributed by atoms with Gasteiger partial charge < -0.3 is 59.7 Å². The molecule has 7 aromatic rings. The molecule has 6 heterocycles. The number of fused-ring (bicyclic) bond motifs is 2. The maximum atomic E-state index is 14.6. The Hall–Kier alpha value is -8.54. The zero-order valence-corrected chi connectivity index (χ0v) is 60.2. The standard InChI is InChI=1S/C73H89ClN12O13S2/c1-47-65(100-46-78-47)50-10-8-48(9-11-50)43-77-69(90)62-40-55(87)45-85(62)71(91)66(72(2,3)4)79-64(88)22-32-96-34-36-98-37-35-97-33-25-75-59-19-17-56(41-61(59)86(92)93)101(94,95)81-68(89)57-18-16-54(39-60(57)84-26-7-31-99-70-63(84)38-51-21-24-76-67(51)80-70)83-29-27-82(28-30-83)44-52-20-23-73(5,6)42-58(52)49-12-14-53(74)15-13-49/h8-19,21,24,38-39,41,46,55,62,66,75,87H,7,20,22-23,25-37,40,42-45H2,1-6H3,(H,76,80)(H,77,90)(H,79,88)(H,81,89)/t55-,62+,66-/m1/s1. The molecule has 538 valence electrons. The first kappa shape index (κ1) is 73.7. The number of β-amino-alcohol motifs (C(OH)–C–C–N with tert-alkyl or cyclic N) is 1. The van der Waals surface area contributed by atoms with Crippen molar-refractivity contribution in [3.8, 4) is 16.3 Å². The summed E-state index contributed by atoms with van der Waals surface area (Å²) in [5.74, 6) is -1.87. The van der Waals surface area contributed by atoms with Crippen molar-refractivity contribution in [2.75, 3.05) is 114 Å². The number of carbonyl (C=O) groups excluding carboxylic acids is 4. The first-order valence-electron chi connectivity index (χ1n) is 34.2. The Bertz CT molecular complexity index is 4270. The average molecular weight is 1440 g/mol. The number of amides is 4. The Morgan fingerprint density at radius 3 is 2.33 bits per heavy atom. The van der Waals surface area contributed by atoms with Gasteiger partial charge in [0, 0.05) is 100 Å². The average Bonchev–Trinajstić information content (AvgIpc) is 1.75. The van der Waals surface area contributed by atoms with Gasteiger partial charge in [0.2, 0.25) is 23.6 Å². The quantitative estimate of drug-likeness (QED) is 0.0151. The molecule has 3 atom stereocenters. The van der Waals surface area contributed by atoms with Crippen molar-refractivity contribution in [1.29, 1.82) is 0 Å². The van der Waals surface area contributed by atoms with E-state index in [1.54, 1.807) is 29.1 Å². The number of aliphatic hydroxyl groups is 1. The summed E-state index contributed by atoms with van der Waals surface area (Å²) >= 11 is 7.86. The third-order valence-corrected chi connectivity index (χ3v) is 21.3. The molecule has 101 heavy (non-hydrogen) atoms. The number of rotatable bonds is 28. The van der Waals surface area contributed by atoms with Crippen molar-refractivity contribution in [2.45, 2.75) is 110 Å². The number of thiazole rings is 1. The van der Waals surface area contributed by atoms with E-state index in [0.717, 1.165) is 77.7 Å². The number of hydrogen-bond acceptors (Lipinski definition) is 20. The van der Waals surface area contributed by atoms with Crippen LogP contribution in [-0.4, -0.2) is 184 Å². The molecular weight excluding hydrogens is 1350 g/mol. The van der Waals surface area contributed by atoms with Crippen LogP contribution in [-0.2, 0) is 45.2 Å². The number of halogens is 1. The number of nitrogens with one attached hydrogen (secondary N) is 5. The summed E-state index contributed by atoms with van der Waals surface area (Å²) in [5, 5.41) is 33.3. The molecule has 0 radical (unpaired) electrons. The summed E-state index contributed by atoms with van der Waals surface area (Å²) in [6, 6.07) is 26.6. The van der Waals surface area contributed by atoms with Crippen LogP contribution in [0, 0.1) is 27.9 Å². The topological polar surface area (TPSA) is 305 Å². The van der Waals surface area contributed by atoms with Gasteiger partial charge in [-0.1, -0.05) is 88.2 Å². The van der Waals surface area contributed by atoms with Gasteiger partial charge >= 0.3 is 0 Å². The second kappa shape index (κ2) is 32.6. The number of aromatic amines is 1. The lowest BCUT2D eigenvalue weighted by Gasteiger charge is -2.39. The number of pyridine rings is 1. The molecule has 0 bridgehead atoms. The van der Waals surface area contributed by atoms with E-state index in [0.29, 0.717) is 60.6 Å². The molecule has 28 heteroatoms. The van der Waals surface area contributed by atoms with Crippen molar-refractivity contribution in [3.63, 3.8) is 0 Å². The maximum Gasteiger partial charge on any atom is 0.293 e. The van der Waals surface area contributed by atoms with E-state index < -0.39 is 72.8 Å². The highest BCUT2D eigenvalue weighted by Crippen LogP contribution is 2.45. The number of hydrogen-bond donors (Lipinski definition) is 6. The van der Waals surface area contributed by atoms with Gasteiger partial charge in [-0.05, 0) is 120 Å². The fourth-order valence-electron chi connectivity index (χ4n) is 13.2. The fourth-order valence-corrected chi connectivity index (χ4v) is 15.2. The Kier molecular flexibility index (Phi) is 23.8. The number of ether oxygens (including phenoxy) is 4. The monoisotopic (exact) mass is 1440 g/mol. The number of H-pyrrole nitrogens is 1. The first-order chi connectivity index (χ1) is 48.4. The number of piperazine rings is 1. The molecule has 2 saturated heterocycles. The molecular formula is C73H89ClN12O13S2. The van der Waals surface area contributed by atoms with E-state index in [-0.39, 0.29) is 88.8 Å². The minimum Gasteiger partial charge on any atom is -0.476 e. The fraction of sp³-hybridized carbons (Fsp3) is 0.452. The van der Waals surface area contributed by atoms with Gasteiger partial charge in [-0.25, -0.2) is 18.1 Å². The first-order valence-corrected chi connectivity index (χ1v) is 37.0. The Balaban J connectivity index is 0.634. The van der Waals surface area contributed by atoms with Gasteiger partial charge in [-0.3, -0.25) is 34.2 Å². The van der Waals surface area contributed by atoms with E-state index in [1.807, 2.05) is 93.3 Å². The second-order valence-electron chi connectivity index (χ2n) is 27.8. The lowest BCUT2D eigenvalue weighted by Crippen LogP contribution is -2.57. The molecule has 4 aromatic carbocycles. The molecule has 0 spiro atoms. The van der Waals surface area contributed by atoms with Crippen molar-refractivity contribution in [3.05, 3.63) is 152 Å². The lowest BCUT2D eigenvalue weighted by molar-refractivity contribution is -0.384. The van der Waals surface area contributed by atoms with Gasteiger partial charge in [0.05, 0.1) is 89.5 Å². The number of nitrogens with zero attached hydrogens (tertiary/aromatic N) is 7. The van der Waals surface area contributed by atoms with Crippen LogP contribution in [0.5, 0.6) is 5.88 Å². The largest absolute Gasteiger partial charge is 0.476 e. The lowest BCUT2D eigenvalue weighted by atomic mass is 9.72. The zero-order chi connectivity index (χ0) is 71.6. The number of anilines is 4. The van der Waals surface area contributed by atoms with Crippen LogP contribution in [0.1, 0.15) is 100 Å². The van der Waals surface area contributed by atoms with Crippen LogP contribution in [0.3, 0.4) is 0 Å². The molecule has 2 fully saturated rings. The second-order valence-corrected chi connectivity index (χ2v) is 30.8. The smallest absolute Gasteiger partial charge is 0.293 e. The molecule has 1 aliphatic carbocycles. The predicted octanol–water partition coefficient (Wildman–Crippen LogP) is 10.0. The van der Waals surface area contributed by atoms with Crippen LogP contribution >= 0.6 is 22.9 Å². The summed E-state index contributed by atoms with van der Waals surface area (Å²) in [7, 11) is -4.69. The summed E-state index contributed by atoms with van der Waals surface area (Å²) in [6.07, 6.45) is 4.57. The number of carbonyl (C=O) groups is 4. The van der Waals surface area contributed by atoms with Crippen LogP contribution < -0.4 is 35.2 Å². The molecule has 0 saturated carbocycles. The Morgan fingerprint density at radius 2 is 1.61 bits per heavy atom. The van der Waals surface area contributed by atoms with Gasteiger partial charge in [0.25, 0.3) is 21.6 Å². The molecule has 25 nitrogen and oxygen atoms in total. The molecule has 3 aliphatic heterocycles. The summed E-state index contributed by atoms with van der Waals surface area (Å²) in [4.78, 5) is 88.0. The van der Waals surface area contributed by atoms with E-state index >= 15 is 0 Å². The molecule has 4 amide bonds. The number of nitro groups is 1. The summed E-state index contributed by atoms with van der Waals surface area (Å²) < 4.78 is 53.7. The number of benzene rings is 4. The highest BCUT2D eigenvalue weighted by atomic mass is 35.5.